The molecule has 1 heterocycles. The summed E-state index contributed by atoms with van der Waals surface area (Å²) in [4.78, 5) is 12.8. The Morgan fingerprint density at radius 3 is 2.38 bits per heavy atom. The van der Waals surface area contributed by atoms with Crippen molar-refractivity contribution in [3.63, 3.8) is 0 Å². The van der Waals surface area contributed by atoms with E-state index in [4.69, 9.17) is 16.3 Å². The molecule has 34 heavy (non-hydrogen) atoms. The Morgan fingerprint density at radius 1 is 1.00 bits per heavy atom. The zero-order chi connectivity index (χ0) is 23.8. The van der Waals surface area contributed by atoms with Crippen LogP contribution in [0.4, 0.5) is 0 Å². The van der Waals surface area contributed by atoms with Gasteiger partial charge >= 0.3 is 0 Å². The van der Waals surface area contributed by atoms with Gasteiger partial charge in [-0.2, -0.15) is 0 Å². The van der Waals surface area contributed by atoms with Crippen molar-refractivity contribution < 1.29 is 9.53 Å². The van der Waals surface area contributed by atoms with Crippen LogP contribution in [0.1, 0.15) is 23.0 Å². The highest BCUT2D eigenvalue weighted by molar-refractivity contribution is 7.99. The van der Waals surface area contributed by atoms with E-state index < -0.39 is 0 Å². The SMILES string of the molecule is Cn1c(COc2ccc(Cl)cc2)nnc1SCC(=O)N[C@H](Cc1ccccc1)c1ccccc1. The maximum absolute atomic E-state index is 12.8. The molecule has 1 amide bonds. The van der Waals surface area contributed by atoms with Crippen LogP contribution in [0.15, 0.2) is 90.1 Å². The van der Waals surface area contributed by atoms with E-state index in [9.17, 15) is 4.79 Å². The Hall–Kier alpha value is -3.29. The molecular weight excluding hydrogens is 468 g/mol. The number of thioether (sulfide) groups is 1. The second-order valence-electron chi connectivity index (χ2n) is 7.71. The molecule has 174 valence electrons. The highest BCUT2D eigenvalue weighted by Gasteiger charge is 2.17. The molecule has 0 bridgehead atoms. The number of halogens is 1. The van der Waals surface area contributed by atoms with Crippen LogP contribution in [0.5, 0.6) is 5.75 Å². The number of amides is 1. The average molecular weight is 493 g/mol. The zero-order valence-corrected chi connectivity index (χ0v) is 20.3. The average Bonchev–Trinajstić information content (AvgIpc) is 3.22. The summed E-state index contributed by atoms with van der Waals surface area (Å²) in [6.45, 7) is 0.269. The predicted molar refractivity (Wildman–Crippen MR) is 135 cm³/mol. The van der Waals surface area contributed by atoms with Crippen LogP contribution in [0, 0.1) is 0 Å². The first-order valence-corrected chi connectivity index (χ1v) is 12.2. The molecule has 0 saturated heterocycles. The van der Waals surface area contributed by atoms with E-state index in [1.165, 1.54) is 17.3 Å². The third-order valence-corrected chi connectivity index (χ3v) is 6.53. The maximum Gasteiger partial charge on any atom is 0.230 e. The molecule has 0 aliphatic rings. The fourth-order valence-electron chi connectivity index (χ4n) is 3.43. The van der Waals surface area contributed by atoms with Crippen molar-refractivity contribution in [1.82, 2.24) is 20.1 Å². The highest BCUT2D eigenvalue weighted by atomic mass is 35.5. The fourth-order valence-corrected chi connectivity index (χ4v) is 4.30. The van der Waals surface area contributed by atoms with Gasteiger partial charge in [0.1, 0.15) is 12.4 Å². The minimum atomic E-state index is -0.112. The zero-order valence-electron chi connectivity index (χ0n) is 18.7. The van der Waals surface area contributed by atoms with Gasteiger partial charge in [-0.25, -0.2) is 0 Å². The summed E-state index contributed by atoms with van der Waals surface area (Å²) in [5, 5.41) is 12.9. The van der Waals surface area contributed by atoms with Gasteiger partial charge in [-0.15, -0.1) is 10.2 Å². The number of carbonyl (C=O) groups excluding carboxylic acids is 1. The van der Waals surface area contributed by atoms with Crippen LogP contribution in [-0.4, -0.2) is 26.4 Å². The van der Waals surface area contributed by atoms with Crippen LogP contribution < -0.4 is 10.1 Å². The van der Waals surface area contributed by atoms with Crippen molar-refractivity contribution in [1.29, 1.82) is 0 Å². The summed E-state index contributed by atoms with van der Waals surface area (Å²) >= 11 is 7.25. The number of nitrogens with one attached hydrogen (secondary N) is 1. The van der Waals surface area contributed by atoms with Gasteiger partial charge in [0, 0.05) is 12.1 Å². The van der Waals surface area contributed by atoms with Crippen LogP contribution in [0.25, 0.3) is 0 Å². The Balaban J connectivity index is 1.34. The first-order valence-electron chi connectivity index (χ1n) is 10.9. The molecule has 0 saturated carbocycles. The third kappa shape index (κ3) is 6.62. The molecule has 3 aromatic carbocycles. The molecular formula is C26H25ClN4O2S. The van der Waals surface area contributed by atoms with Gasteiger partial charge < -0.3 is 14.6 Å². The lowest BCUT2D eigenvalue weighted by Crippen LogP contribution is -2.31. The molecule has 0 aliphatic carbocycles. The minimum absolute atomic E-state index is 0.0586. The first kappa shape index (κ1) is 23.9. The second kappa shape index (κ2) is 11.7. The molecule has 0 aliphatic heterocycles. The van der Waals surface area contributed by atoms with Gasteiger partial charge in [0.25, 0.3) is 0 Å². The van der Waals surface area contributed by atoms with E-state index in [0.717, 1.165) is 12.0 Å². The summed E-state index contributed by atoms with van der Waals surface area (Å²) in [5.41, 5.74) is 2.24. The maximum atomic E-state index is 12.8. The van der Waals surface area contributed by atoms with Crippen molar-refractivity contribution in [3.05, 3.63) is 107 Å². The number of hydrogen-bond acceptors (Lipinski definition) is 5. The third-order valence-electron chi connectivity index (χ3n) is 5.26. The molecule has 1 aromatic heterocycles. The van der Waals surface area contributed by atoms with Crippen LogP contribution in [-0.2, 0) is 24.9 Å². The smallest absolute Gasteiger partial charge is 0.230 e. The molecule has 6 nitrogen and oxygen atoms in total. The molecule has 4 rings (SSSR count). The number of nitrogens with zero attached hydrogens (tertiary/aromatic N) is 3. The Bertz CT molecular complexity index is 1200. The molecule has 8 heteroatoms. The largest absolute Gasteiger partial charge is 0.486 e. The fraction of sp³-hybridized carbons (Fsp3) is 0.192. The Labute approximate surface area is 208 Å². The van der Waals surface area contributed by atoms with Gasteiger partial charge in [-0.1, -0.05) is 84.0 Å². The normalized spacial score (nSPS) is 11.7. The van der Waals surface area contributed by atoms with Gasteiger partial charge in [-0.3, -0.25) is 4.79 Å². The summed E-state index contributed by atoms with van der Waals surface area (Å²) < 4.78 is 7.59. The number of rotatable bonds is 10. The second-order valence-corrected chi connectivity index (χ2v) is 9.09. The molecule has 0 spiro atoms. The summed E-state index contributed by atoms with van der Waals surface area (Å²) in [6, 6.07) is 27.2. The molecule has 0 unspecified atom stereocenters. The number of hydrogen-bond donors (Lipinski definition) is 1. The van der Waals surface area contributed by atoms with Gasteiger partial charge in [0.05, 0.1) is 11.8 Å². The van der Waals surface area contributed by atoms with Crippen molar-refractivity contribution in [2.45, 2.75) is 24.2 Å². The number of carbonyl (C=O) groups is 1. The molecule has 0 fully saturated rings. The van der Waals surface area contributed by atoms with Crippen LogP contribution >= 0.6 is 23.4 Å². The van der Waals surface area contributed by atoms with Crippen LogP contribution in [0.3, 0.4) is 0 Å². The Kier molecular flexibility index (Phi) is 8.22. The lowest BCUT2D eigenvalue weighted by molar-refractivity contribution is -0.119. The minimum Gasteiger partial charge on any atom is -0.486 e. The predicted octanol–water partition coefficient (Wildman–Crippen LogP) is 5.24. The van der Waals surface area contributed by atoms with Crippen molar-refractivity contribution in [3.8, 4) is 5.75 Å². The number of benzene rings is 3. The van der Waals surface area contributed by atoms with E-state index in [0.29, 0.717) is 21.8 Å². The van der Waals surface area contributed by atoms with Crippen molar-refractivity contribution in [2.24, 2.45) is 7.05 Å². The van der Waals surface area contributed by atoms with E-state index in [1.807, 2.05) is 60.1 Å². The van der Waals surface area contributed by atoms with Crippen LogP contribution in [0.2, 0.25) is 5.02 Å². The topological polar surface area (TPSA) is 69.0 Å². The van der Waals surface area contributed by atoms with Crippen molar-refractivity contribution in [2.75, 3.05) is 5.75 Å². The first-order chi connectivity index (χ1) is 16.6. The molecule has 4 aromatic rings. The standard InChI is InChI=1S/C26H25ClN4O2S/c1-31-24(17-33-22-14-12-21(27)13-15-22)29-30-26(31)34-18-25(32)28-23(20-10-6-3-7-11-20)16-19-8-4-2-5-9-19/h2-15,23H,16-18H2,1H3,(H,28,32)/t23-/m1/s1. The van der Waals surface area contributed by atoms with Crippen molar-refractivity contribution >= 4 is 29.3 Å². The van der Waals surface area contributed by atoms with E-state index in [-0.39, 0.29) is 24.3 Å². The molecule has 0 radical (unpaired) electrons. The number of aromatic nitrogens is 3. The summed E-state index contributed by atoms with van der Waals surface area (Å²) in [6.07, 6.45) is 0.720. The van der Waals surface area contributed by atoms with Gasteiger partial charge in [-0.05, 0) is 41.8 Å². The number of ether oxygens (including phenoxy) is 1. The quantitative estimate of drug-likeness (QED) is 0.306. The Morgan fingerprint density at radius 2 is 1.68 bits per heavy atom. The van der Waals surface area contributed by atoms with E-state index >= 15 is 0 Å². The monoisotopic (exact) mass is 492 g/mol. The van der Waals surface area contributed by atoms with Gasteiger partial charge in [0.15, 0.2) is 11.0 Å². The lowest BCUT2D eigenvalue weighted by atomic mass is 9.99. The lowest BCUT2D eigenvalue weighted by Gasteiger charge is -2.19. The molecule has 1 N–H and O–H groups in total. The summed E-state index contributed by atoms with van der Waals surface area (Å²) in [7, 11) is 1.86. The highest BCUT2D eigenvalue weighted by Crippen LogP contribution is 2.21. The molecule has 1 atom stereocenters. The van der Waals surface area contributed by atoms with E-state index in [2.05, 4.69) is 27.6 Å². The summed E-state index contributed by atoms with van der Waals surface area (Å²) in [5.74, 6) is 1.55. The van der Waals surface area contributed by atoms with Gasteiger partial charge in [0.2, 0.25) is 5.91 Å². The van der Waals surface area contributed by atoms with E-state index in [1.54, 1.807) is 24.3 Å².